The first-order valence-electron chi connectivity index (χ1n) is 5.14. The molecule has 0 saturated carbocycles. The zero-order chi connectivity index (χ0) is 10.5. The largest absolute Gasteiger partial charge is 0.309 e. The third-order valence-corrected chi connectivity index (χ3v) is 4.20. The molecule has 1 nitrogen and oxygen atoms in total. The van der Waals surface area contributed by atoms with Gasteiger partial charge in [-0.2, -0.15) is 11.3 Å². The van der Waals surface area contributed by atoms with Crippen molar-refractivity contribution in [1.82, 2.24) is 5.32 Å². The molecule has 0 fully saturated rings. The minimum atomic E-state index is 0.476. The van der Waals surface area contributed by atoms with E-state index in [1.54, 1.807) is 11.3 Å². The van der Waals surface area contributed by atoms with Gasteiger partial charge in [-0.25, -0.2) is 0 Å². The molecule has 1 N–H and O–H groups in total. The van der Waals surface area contributed by atoms with Crippen LogP contribution < -0.4 is 5.32 Å². The third kappa shape index (κ3) is 3.16. The molecule has 0 amide bonds. The van der Waals surface area contributed by atoms with Crippen molar-refractivity contribution in [3.05, 3.63) is 44.8 Å². The van der Waals surface area contributed by atoms with E-state index in [4.69, 9.17) is 0 Å². The highest BCUT2D eigenvalue weighted by molar-refractivity contribution is 7.10. The van der Waals surface area contributed by atoms with Gasteiger partial charge in [0.2, 0.25) is 0 Å². The zero-order valence-corrected chi connectivity index (χ0v) is 10.4. The topological polar surface area (TPSA) is 12.0 Å². The molecule has 0 bridgehead atoms. The van der Waals surface area contributed by atoms with E-state index in [0.29, 0.717) is 6.04 Å². The van der Waals surface area contributed by atoms with Crippen LogP contribution in [0.5, 0.6) is 0 Å². The summed E-state index contributed by atoms with van der Waals surface area (Å²) in [5, 5.41) is 10.0. The quantitative estimate of drug-likeness (QED) is 0.836. The van der Waals surface area contributed by atoms with Gasteiger partial charge in [-0.15, -0.1) is 11.3 Å². The van der Waals surface area contributed by atoms with Crippen LogP contribution in [0.15, 0.2) is 34.3 Å². The van der Waals surface area contributed by atoms with E-state index in [1.165, 1.54) is 10.4 Å². The predicted octanol–water partition coefficient (Wildman–Crippen LogP) is 3.70. The van der Waals surface area contributed by atoms with Crippen LogP contribution in [0.2, 0.25) is 0 Å². The van der Waals surface area contributed by atoms with Crippen LogP contribution in [0.25, 0.3) is 0 Å². The second-order valence-corrected chi connectivity index (χ2v) is 5.33. The van der Waals surface area contributed by atoms with Gasteiger partial charge in [0.25, 0.3) is 0 Å². The minimum absolute atomic E-state index is 0.476. The number of nitrogens with one attached hydrogen (secondary N) is 1. The zero-order valence-electron chi connectivity index (χ0n) is 8.77. The second-order valence-electron chi connectivity index (χ2n) is 3.57. The molecule has 0 spiro atoms. The van der Waals surface area contributed by atoms with E-state index >= 15 is 0 Å². The molecule has 0 aliphatic carbocycles. The molecule has 0 radical (unpaired) electrons. The molecule has 2 aromatic heterocycles. The minimum Gasteiger partial charge on any atom is -0.309 e. The van der Waals surface area contributed by atoms with Crippen molar-refractivity contribution in [2.75, 3.05) is 6.54 Å². The van der Waals surface area contributed by atoms with Crippen LogP contribution >= 0.6 is 22.7 Å². The van der Waals surface area contributed by atoms with Crippen LogP contribution in [0.3, 0.4) is 0 Å². The third-order valence-electron chi connectivity index (χ3n) is 2.41. The molecule has 1 atom stereocenters. The molecular formula is C12H15NS2. The van der Waals surface area contributed by atoms with Gasteiger partial charge in [0, 0.05) is 10.9 Å². The van der Waals surface area contributed by atoms with Crippen molar-refractivity contribution in [2.45, 2.75) is 19.4 Å². The highest BCUT2D eigenvalue weighted by Gasteiger charge is 2.04. The van der Waals surface area contributed by atoms with Crippen LogP contribution in [0.1, 0.15) is 23.4 Å². The molecule has 2 heterocycles. The second kappa shape index (κ2) is 5.45. The molecule has 2 rings (SSSR count). The first-order valence-corrected chi connectivity index (χ1v) is 6.96. The number of hydrogen-bond acceptors (Lipinski definition) is 3. The lowest BCUT2D eigenvalue weighted by molar-refractivity contribution is 0.585. The Labute approximate surface area is 98.8 Å². The Morgan fingerprint density at radius 3 is 2.93 bits per heavy atom. The normalized spacial score (nSPS) is 12.9. The van der Waals surface area contributed by atoms with Crippen LogP contribution in [-0.2, 0) is 6.42 Å². The summed E-state index contributed by atoms with van der Waals surface area (Å²) in [4.78, 5) is 1.42. The molecule has 0 aromatic carbocycles. The van der Waals surface area contributed by atoms with E-state index < -0.39 is 0 Å². The first kappa shape index (κ1) is 10.9. The summed E-state index contributed by atoms with van der Waals surface area (Å²) in [5.74, 6) is 0. The molecule has 0 unspecified atom stereocenters. The fourth-order valence-corrected chi connectivity index (χ4v) is 2.97. The summed E-state index contributed by atoms with van der Waals surface area (Å²) in [6.45, 7) is 3.27. The van der Waals surface area contributed by atoms with Gasteiger partial charge in [-0.05, 0) is 53.7 Å². The van der Waals surface area contributed by atoms with Gasteiger partial charge >= 0.3 is 0 Å². The SMILES string of the molecule is C[C@@H](NCCc1ccsc1)c1cccs1. The fraction of sp³-hybridized carbons (Fsp3) is 0.333. The Bertz CT molecular complexity index is 364. The number of rotatable bonds is 5. The van der Waals surface area contributed by atoms with Crippen molar-refractivity contribution in [3.8, 4) is 0 Å². The Balaban J connectivity index is 1.74. The molecule has 0 aliphatic heterocycles. The Morgan fingerprint density at radius 1 is 1.33 bits per heavy atom. The highest BCUT2D eigenvalue weighted by Crippen LogP contribution is 2.17. The smallest absolute Gasteiger partial charge is 0.0386 e. The summed E-state index contributed by atoms with van der Waals surface area (Å²) >= 11 is 3.59. The maximum Gasteiger partial charge on any atom is 0.0386 e. The lowest BCUT2D eigenvalue weighted by Crippen LogP contribution is -2.20. The number of hydrogen-bond donors (Lipinski definition) is 1. The fourth-order valence-electron chi connectivity index (χ4n) is 1.51. The highest BCUT2D eigenvalue weighted by atomic mass is 32.1. The lowest BCUT2D eigenvalue weighted by Gasteiger charge is -2.11. The van der Waals surface area contributed by atoms with Crippen molar-refractivity contribution >= 4 is 22.7 Å². The van der Waals surface area contributed by atoms with Crippen molar-refractivity contribution in [2.24, 2.45) is 0 Å². The Kier molecular flexibility index (Phi) is 3.94. The molecule has 2 aromatic rings. The predicted molar refractivity (Wildman–Crippen MR) is 68.8 cm³/mol. The van der Waals surface area contributed by atoms with E-state index in [0.717, 1.165) is 13.0 Å². The molecule has 15 heavy (non-hydrogen) atoms. The Morgan fingerprint density at radius 2 is 2.27 bits per heavy atom. The van der Waals surface area contributed by atoms with Gasteiger partial charge in [0.15, 0.2) is 0 Å². The maximum atomic E-state index is 3.54. The molecule has 0 aliphatic rings. The van der Waals surface area contributed by atoms with Crippen molar-refractivity contribution < 1.29 is 0 Å². The molecule has 80 valence electrons. The van der Waals surface area contributed by atoms with Gasteiger partial charge < -0.3 is 5.32 Å². The molecule has 3 heteroatoms. The van der Waals surface area contributed by atoms with Gasteiger partial charge in [-0.3, -0.25) is 0 Å². The standard InChI is InChI=1S/C12H15NS2/c1-10(12-3-2-7-15-12)13-6-4-11-5-8-14-9-11/h2-3,5,7-10,13H,4,6H2,1H3/t10-/m1/s1. The summed E-state index contributed by atoms with van der Waals surface area (Å²) in [5.41, 5.74) is 1.44. The van der Waals surface area contributed by atoms with E-state index in [9.17, 15) is 0 Å². The van der Waals surface area contributed by atoms with Gasteiger partial charge in [0.05, 0.1) is 0 Å². The van der Waals surface area contributed by atoms with E-state index in [-0.39, 0.29) is 0 Å². The first-order chi connectivity index (χ1) is 7.36. The van der Waals surface area contributed by atoms with Crippen molar-refractivity contribution in [1.29, 1.82) is 0 Å². The summed E-state index contributed by atoms with van der Waals surface area (Å²) in [7, 11) is 0. The van der Waals surface area contributed by atoms with E-state index in [2.05, 4.69) is 46.6 Å². The summed E-state index contributed by atoms with van der Waals surface area (Å²) in [6, 6.07) is 6.97. The average Bonchev–Trinajstić information content (AvgIpc) is 2.90. The monoisotopic (exact) mass is 237 g/mol. The lowest BCUT2D eigenvalue weighted by atomic mass is 10.2. The van der Waals surface area contributed by atoms with Crippen LogP contribution in [-0.4, -0.2) is 6.54 Å². The number of thiophene rings is 2. The Hall–Kier alpha value is -0.640. The average molecular weight is 237 g/mol. The summed E-state index contributed by atoms with van der Waals surface area (Å²) < 4.78 is 0. The van der Waals surface area contributed by atoms with Crippen LogP contribution in [0.4, 0.5) is 0 Å². The summed E-state index contributed by atoms with van der Waals surface area (Å²) in [6.07, 6.45) is 1.12. The van der Waals surface area contributed by atoms with Crippen molar-refractivity contribution in [3.63, 3.8) is 0 Å². The maximum absolute atomic E-state index is 3.54. The van der Waals surface area contributed by atoms with Gasteiger partial charge in [-0.1, -0.05) is 6.07 Å². The molecular weight excluding hydrogens is 222 g/mol. The van der Waals surface area contributed by atoms with Crippen LogP contribution in [0, 0.1) is 0 Å². The molecule has 0 saturated heterocycles. The van der Waals surface area contributed by atoms with Gasteiger partial charge in [0.1, 0.15) is 0 Å². The van der Waals surface area contributed by atoms with E-state index in [1.807, 2.05) is 11.3 Å².